The molecular weight excluding hydrogens is 492 g/mol. The summed E-state index contributed by atoms with van der Waals surface area (Å²) >= 11 is 0. The molecule has 0 fully saturated rings. The van der Waals surface area contributed by atoms with Crippen LogP contribution in [0.1, 0.15) is 51.0 Å². The zero-order chi connectivity index (χ0) is 27.6. The molecule has 4 heteroatoms. The van der Waals surface area contributed by atoms with Crippen molar-refractivity contribution in [2.45, 2.75) is 45.4 Å². The van der Waals surface area contributed by atoms with Crippen LogP contribution >= 0.6 is 0 Å². The first-order valence-corrected chi connectivity index (χ1v) is 14.1. The molecule has 0 saturated heterocycles. The Balaban J connectivity index is 1.39. The topological polar surface area (TPSA) is 48.2 Å². The number of ether oxygens (including phenoxy) is 1. The van der Waals surface area contributed by atoms with Gasteiger partial charge in [0.1, 0.15) is 5.75 Å². The van der Waals surface area contributed by atoms with Crippen molar-refractivity contribution in [2.24, 2.45) is 0 Å². The molecule has 0 saturated carbocycles. The fraction of sp³-hybridized carbons (Fsp3) is 0.222. The molecule has 0 aliphatic carbocycles. The number of unbranched alkanes of at least 4 members (excludes halogenated alkanes) is 5. The van der Waals surface area contributed by atoms with Crippen LogP contribution in [0.2, 0.25) is 0 Å². The molecule has 5 rings (SSSR count). The summed E-state index contributed by atoms with van der Waals surface area (Å²) in [5.41, 5.74) is 6.38. The van der Waals surface area contributed by atoms with Crippen molar-refractivity contribution in [1.29, 1.82) is 0 Å². The van der Waals surface area contributed by atoms with Crippen molar-refractivity contribution >= 4 is 0 Å². The van der Waals surface area contributed by atoms with Crippen molar-refractivity contribution in [3.63, 3.8) is 0 Å². The molecule has 1 aromatic heterocycles. The van der Waals surface area contributed by atoms with Crippen LogP contribution in [0, 0.1) is 12.3 Å². The second-order valence-electron chi connectivity index (χ2n) is 9.88. The van der Waals surface area contributed by atoms with Crippen LogP contribution in [0.5, 0.6) is 5.75 Å². The van der Waals surface area contributed by atoms with E-state index in [9.17, 15) is 0 Å². The van der Waals surface area contributed by atoms with E-state index in [1.807, 2.05) is 66.7 Å². The van der Waals surface area contributed by atoms with Crippen LogP contribution in [-0.2, 0) is 0 Å². The smallest absolute Gasteiger partial charge is 0.249 e. The molecule has 0 bridgehead atoms. The minimum Gasteiger partial charge on any atom is -0.494 e. The van der Waals surface area contributed by atoms with Gasteiger partial charge in [0, 0.05) is 11.1 Å². The Morgan fingerprint density at radius 1 is 0.650 bits per heavy atom. The molecule has 0 aliphatic rings. The van der Waals surface area contributed by atoms with Gasteiger partial charge in [-0.2, -0.15) is 0 Å². The average Bonchev–Trinajstić information content (AvgIpc) is 3.51. The number of rotatable bonds is 12. The van der Waals surface area contributed by atoms with Gasteiger partial charge >= 0.3 is 0 Å². The van der Waals surface area contributed by atoms with Crippen LogP contribution < -0.4 is 4.74 Å². The van der Waals surface area contributed by atoms with E-state index >= 15 is 0 Å². The van der Waals surface area contributed by atoms with Crippen LogP contribution in [0.4, 0.5) is 0 Å². The van der Waals surface area contributed by atoms with Gasteiger partial charge in [0.05, 0.1) is 12.2 Å². The summed E-state index contributed by atoms with van der Waals surface area (Å²) in [5.74, 6) is 4.56. The fourth-order valence-electron chi connectivity index (χ4n) is 4.82. The summed E-state index contributed by atoms with van der Waals surface area (Å²) in [6, 6.07) is 32.3. The molecule has 4 nitrogen and oxygen atoms in total. The Labute approximate surface area is 237 Å². The van der Waals surface area contributed by atoms with E-state index in [0.29, 0.717) is 11.8 Å². The number of aromatic nitrogens is 2. The first kappa shape index (κ1) is 27.0. The van der Waals surface area contributed by atoms with Gasteiger partial charge in [0.25, 0.3) is 0 Å². The van der Waals surface area contributed by atoms with E-state index in [-0.39, 0.29) is 0 Å². The van der Waals surface area contributed by atoms with E-state index in [4.69, 9.17) is 15.6 Å². The van der Waals surface area contributed by atoms with Gasteiger partial charge in [-0.05, 0) is 65.1 Å². The van der Waals surface area contributed by atoms with Crippen molar-refractivity contribution in [2.75, 3.05) is 6.61 Å². The lowest BCUT2D eigenvalue weighted by Crippen LogP contribution is -1.97. The first-order chi connectivity index (χ1) is 19.8. The summed E-state index contributed by atoms with van der Waals surface area (Å²) in [6.07, 6.45) is 13.5. The Kier molecular flexibility index (Phi) is 9.06. The fourth-order valence-corrected chi connectivity index (χ4v) is 4.82. The first-order valence-electron chi connectivity index (χ1n) is 14.1. The summed E-state index contributed by atoms with van der Waals surface area (Å²) in [5, 5.41) is 8.77. The molecule has 5 aromatic rings. The maximum absolute atomic E-state index is 6.21. The molecule has 0 spiro atoms. The van der Waals surface area contributed by atoms with E-state index in [1.54, 1.807) is 0 Å². The second kappa shape index (κ2) is 13.4. The quantitative estimate of drug-likeness (QED) is 0.120. The highest BCUT2D eigenvalue weighted by molar-refractivity contribution is 5.86. The molecule has 1 heterocycles. The highest BCUT2D eigenvalue weighted by atomic mass is 16.5. The Hall–Kier alpha value is -4.62. The molecule has 0 radical (unpaired) electrons. The third-order valence-corrected chi connectivity index (χ3v) is 7.00. The summed E-state index contributed by atoms with van der Waals surface area (Å²) in [6.45, 7) is 2.97. The molecule has 200 valence electrons. The maximum atomic E-state index is 6.21. The van der Waals surface area contributed by atoms with Crippen LogP contribution in [-0.4, -0.2) is 16.8 Å². The molecule has 0 aliphatic heterocycles. The highest BCUT2D eigenvalue weighted by Gasteiger charge is 2.19. The molecule has 0 N–H and O–H groups in total. The predicted octanol–water partition coefficient (Wildman–Crippen LogP) is 9.46. The number of hydrogen-bond donors (Lipinski definition) is 0. The molecule has 4 aromatic carbocycles. The van der Waals surface area contributed by atoms with E-state index in [2.05, 4.69) is 53.4 Å². The molecular formula is C36H34N2O2. The SMILES string of the molecule is C#Cc1c(-c2ccccc2)cc(-c2ccccc2)cc1-c1nnc(-c2ccc(OCCCCCCCC)cc2)o1. The van der Waals surface area contributed by atoms with Crippen LogP contribution in [0.25, 0.3) is 45.2 Å². The second-order valence-corrected chi connectivity index (χ2v) is 9.88. The minimum atomic E-state index is 0.390. The molecule has 40 heavy (non-hydrogen) atoms. The monoisotopic (exact) mass is 526 g/mol. The number of benzene rings is 4. The van der Waals surface area contributed by atoms with Gasteiger partial charge < -0.3 is 9.15 Å². The van der Waals surface area contributed by atoms with Gasteiger partial charge in [0.15, 0.2) is 0 Å². The van der Waals surface area contributed by atoms with Gasteiger partial charge in [-0.3, -0.25) is 0 Å². The maximum Gasteiger partial charge on any atom is 0.249 e. The Bertz CT molecular complexity index is 1550. The lowest BCUT2D eigenvalue weighted by molar-refractivity contribution is 0.304. The van der Waals surface area contributed by atoms with Crippen molar-refractivity contribution in [3.05, 3.63) is 103 Å². The average molecular weight is 527 g/mol. The summed E-state index contributed by atoms with van der Waals surface area (Å²) in [4.78, 5) is 0. The minimum absolute atomic E-state index is 0.390. The van der Waals surface area contributed by atoms with Gasteiger partial charge in [-0.15, -0.1) is 16.6 Å². The highest BCUT2D eigenvalue weighted by Crippen LogP contribution is 2.37. The van der Waals surface area contributed by atoms with Crippen LogP contribution in [0.15, 0.2) is 101 Å². The zero-order valence-electron chi connectivity index (χ0n) is 23.0. The lowest BCUT2D eigenvalue weighted by atomic mass is 9.91. The summed E-state index contributed by atoms with van der Waals surface area (Å²) in [7, 11) is 0. The lowest BCUT2D eigenvalue weighted by Gasteiger charge is -2.13. The van der Waals surface area contributed by atoms with Crippen molar-refractivity contribution < 1.29 is 9.15 Å². The Morgan fingerprint density at radius 2 is 1.27 bits per heavy atom. The van der Waals surface area contributed by atoms with Crippen molar-refractivity contribution in [1.82, 2.24) is 10.2 Å². The zero-order valence-corrected chi connectivity index (χ0v) is 23.0. The normalized spacial score (nSPS) is 10.8. The largest absolute Gasteiger partial charge is 0.494 e. The van der Waals surface area contributed by atoms with Crippen molar-refractivity contribution in [3.8, 4) is 63.3 Å². The molecule has 0 amide bonds. The number of nitrogens with zero attached hydrogens (tertiary/aromatic N) is 2. The van der Waals surface area contributed by atoms with E-state index < -0.39 is 0 Å². The third-order valence-electron chi connectivity index (χ3n) is 7.00. The molecule has 0 unspecified atom stereocenters. The third kappa shape index (κ3) is 6.50. The predicted molar refractivity (Wildman–Crippen MR) is 163 cm³/mol. The Morgan fingerprint density at radius 3 is 1.98 bits per heavy atom. The number of hydrogen-bond acceptors (Lipinski definition) is 4. The standard InChI is InChI=1S/C36H34N2O2/c1-3-5-6-7-8-15-24-39-31-22-20-29(21-23-31)35-37-38-36(40-35)34-26-30(27-16-11-9-12-17-27)25-33(32(34)4-2)28-18-13-10-14-19-28/h2,9-14,16-23,25-26H,3,5-8,15,24H2,1H3. The van der Waals surface area contributed by atoms with Gasteiger partial charge in [0.2, 0.25) is 11.8 Å². The number of terminal acetylenes is 1. The summed E-state index contributed by atoms with van der Waals surface area (Å²) < 4.78 is 12.1. The van der Waals surface area contributed by atoms with Gasteiger partial charge in [-0.1, -0.05) is 106 Å². The molecule has 0 atom stereocenters. The van der Waals surface area contributed by atoms with E-state index in [1.165, 1.54) is 32.1 Å². The van der Waals surface area contributed by atoms with Gasteiger partial charge in [-0.25, -0.2) is 0 Å². The van der Waals surface area contributed by atoms with E-state index in [0.717, 1.165) is 57.7 Å². The van der Waals surface area contributed by atoms with Crippen LogP contribution in [0.3, 0.4) is 0 Å².